The number of benzene rings is 3. The average Bonchev–Trinajstić information content (AvgIpc) is 3.37. The van der Waals surface area contributed by atoms with Gasteiger partial charge in [-0.1, -0.05) is 87.1 Å². The van der Waals surface area contributed by atoms with Crippen molar-refractivity contribution in [3.63, 3.8) is 0 Å². The van der Waals surface area contributed by atoms with Crippen LogP contribution in [0.1, 0.15) is 27.5 Å². The fourth-order valence-electron chi connectivity index (χ4n) is 5.28. The molecule has 1 fully saturated rings. The molecule has 1 aromatic heterocycles. The Kier molecular flexibility index (Phi) is 7.02. The number of hydrogen-bond acceptors (Lipinski definition) is 6. The van der Waals surface area contributed by atoms with Gasteiger partial charge in [0.05, 0.1) is 16.6 Å². The summed E-state index contributed by atoms with van der Waals surface area (Å²) in [5, 5.41) is 2.73. The molecule has 3 amide bonds. The minimum atomic E-state index is -0.727. The van der Waals surface area contributed by atoms with Crippen LogP contribution in [0.25, 0.3) is 0 Å². The summed E-state index contributed by atoms with van der Waals surface area (Å²) in [5.74, 6) is -2.12. The number of nitrogens with one attached hydrogen (secondary N) is 1. The lowest BCUT2D eigenvalue weighted by atomic mass is 9.83. The monoisotopic (exact) mass is 633 g/mol. The van der Waals surface area contributed by atoms with Crippen LogP contribution in [0.5, 0.6) is 0 Å². The number of fused-ring (bicyclic) bond motifs is 2. The molecule has 0 radical (unpaired) electrons. The van der Waals surface area contributed by atoms with Gasteiger partial charge < -0.3 is 5.32 Å². The highest BCUT2D eigenvalue weighted by molar-refractivity contribution is 9.10. The smallest absolute Gasteiger partial charge is 0.308 e. The molecule has 1 N–H and O–H groups in total. The van der Waals surface area contributed by atoms with Gasteiger partial charge in [-0.25, -0.2) is 4.90 Å². The van der Waals surface area contributed by atoms with Crippen molar-refractivity contribution in [2.75, 3.05) is 10.2 Å². The number of carbonyl (C=O) groups excluding carboxylic acids is 3. The number of anilines is 2. The van der Waals surface area contributed by atoms with E-state index in [0.717, 1.165) is 32.5 Å². The van der Waals surface area contributed by atoms with Gasteiger partial charge in [-0.15, -0.1) is 0 Å². The number of imide groups is 1. The average molecular weight is 635 g/mol. The molecule has 3 aromatic carbocycles. The van der Waals surface area contributed by atoms with E-state index >= 15 is 0 Å². The number of amides is 3. The predicted molar refractivity (Wildman–Crippen MR) is 161 cm³/mol. The van der Waals surface area contributed by atoms with E-state index in [0.29, 0.717) is 21.3 Å². The molecule has 0 aliphatic carbocycles. The molecule has 2 aliphatic heterocycles. The van der Waals surface area contributed by atoms with E-state index in [-0.39, 0.29) is 29.1 Å². The lowest BCUT2D eigenvalue weighted by Crippen LogP contribution is -2.33. The minimum absolute atomic E-state index is 0.194. The van der Waals surface area contributed by atoms with E-state index in [1.165, 1.54) is 21.2 Å². The van der Waals surface area contributed by atoms with Crippen LogP contribution in [0, 0.1) is 19.8 Å². The van der Waals surface area contributed by atoms with Gasteiger partial charge in [-0.05, 0) is 55.3 Å². The Bertz CT molecular complexity index is 1710. The number of aromatic nitrogens is 1. The van der Waals surface area contributed by atoms with Crippen molar-refractivity contribution in [2.24, 2.45) is 5.92 Å². The number of hydrogen-bond donors (Lipinski definition) is 1. The van der Waals surface area contributed by atoms with E-state index in [1.807, 2.05) is 74.5 Å². The third kappa shape index (κ3) is 4.63. The first-order valence-corrected chi connectivity index (χ1v) is 15.2. The standard InChI is InChI=1S/C30H24BrN3O4S2/c1-16-7-13-20(14-8-16)34-27(36)24-23(18-9-11-19(31)12-10-18)26-29(39-25(24)28(34)37)33(30(38)40-26)15-22(35)32-21-6-4-3-5-17(21)2/h3-14,23-25H,15H2,1-2H3,(H,32,35)/t23-,24-,25+/m0/s1. The zero-order valence-corrected chi connectivity index (χ0v) is 24.8. The SMILES string of the molecule is Cc1ccc(N2C(=O)[C@H]3[C@H](c4ccc(Br)cc4)c4sc(=O)n(CC(=O)Nc5ccccc5C)c4S[C@H]3C2=O)cc1. The highest BCUT2D eigenvalue weighted by Gasteiger charge is 2.56. The molecular weight excluding hydrogens is 610 g/mol. The Labute approximate surface area is 247 Å². The van der Waals surface area contributed by atoms with Crippen molar-refractivity contribution < 1.29 is 14.4 Å². The summed E-state index contributed by atoms with van der Waals surface area (Å²) in [5.41, 5.74) is 3.98. The third-order valence-corrected chi connectivity index (χ3v) is 10.4. The summed E-state index contributed by atoms with van der Waals surface area (Å²) < 4.78 is 2.32. The quantitative estimate of drug-likeness (QED) is 0.284. The molecule has 202 valence electrons. The van der Waals surface area contributed by atoms with Crippen LogP contribution < -0.4 is 15.1 Å². The lowest BCUT2D eigenvalue weighted by Gasteiger charge is -2.30. The number of rotatable bonds is 5. The number of aryl methyl sites for hydroxylation is 2. The van der Waals surface area contributed by atoms with Gasteiger partial charge in [0.25, 0.3) is 0 Å². The van der Waals surface area contributed by atoms with Crippen LogP contribution in [-0.2, 0) is 20.9 Å². The van der Waals surface area contributed by atoms with Crippen molar-refractivity contribution in [2.45, 2.75) is 36.6 Å². The molecule has 40 heavy (non-hydrogen) atoms. The van der Waals surface area contributed by atoms with E-state index in [9.17, 15) is 19.2 Å². The number of thiazole rings is 1. The second kappa shape index (κ2) is 10.5. The van der Waals surface area contributed by atoms with Gasteiger partial charge in [-0.2, -0.15) is 0 Å². The molecule has 1 saturated heterocycles. The molecule has 7 nitrogen and oxygen atoms in total. The Morgan fingerprint density at radius 3 is 2.33 bits per heavy atom. The van der Waals surface area contributed by atoms with Crippen LogP contribution in [0.2, 0.25) is 0 Å². The lowest BCUT2D eigenvalue weighted by molar-refractivity contribution is -0.122. The molecule has 3 heterocycles. The van der Waals surface area contributed by atoms with Crippen molar-refractivity contribution in [3.8, 4) is 0 Å². The van der Waals surface area contributed by atoms with E-state index in [1.54, 1.807) is 12.1 Å². The molecular formula is C30H24BrN3O4S2. The maximum Gasteiger partial charge on any atom is 0.308 e. The van der Waals surface area contributed by atoms with E-state index < -0.39 is 17.1 Å². The van der Waals surface area contributed by atoms with Gasteiger partial charge in [-0.3, -0.25) is 23.7 Å². The largest absolute Gasteiger partial charge is 0.324 e. The molecule has 0 saturated carbocycles. The first kappa shape index (κ1) is 26.7. The van der Waals surface area contributed by atoms with Gasteiger partial charge in [0.2, 0.25) is 17.7 Å². The molecule has 0 bridgehead atoms. The second-order valence-electron chi connectivity index (χ2n) is 9.93. The van der Waals surface area contributed by atoms with Gasteiger partial charge in [0.15, 0.2) is 0 Å². The zero-order valence-electron chi connectivity index (χ0n) is 21.6. The van der Waals surface area contributed by atoms with Crippen LogP contribution in [0.4, 0.5) is 11.4 Å². The zero-order chi connectivity index (χ0) is 28.1. The van der Waals surface area contributed by atoms with Crippen molar-refractivity contribution in [1.82, 2.24) is 4.57 Å². The fraction of sp³-hybridized carbons (Fsp3) is 0.200. The highest BCUT2D eigenvalue weighted by Crippen LogP contribution is 2.54. The van der Waals surface area contributed by atoms with Crippen LogP contribution >= 0.6 is 39.0 Å². The van der Waals surface area contributed by atoms with Gasteiger partial charge >= 0.3 is 4.87 Å². The Morgan fingerprint density at radius 2 is 1.62 bits per heavy atom. The Morgan fingerprint density at radius 1 is 0.925 bits per heavy atom. The third-order valence-electron chi connectivity index (χ3n) is 7.29. The molecule has 0 spiro atoms. The molecule has 4 aromatic rings. The normalized spacial score (nSPS) is 19.9. The number of thioether (sulfide) groups is 1. The topological polar surface area (TPSA) is 88.5 Å². The fourth-order valence-corrected chi connectivity index (χ4v) is 8.32. The highest BCUT2D eigenvalue weighted by atomic mass is 79.9. The number of carbonyl (C=O) groups is 3. The van der Waals surface area contributed by atoms with Crippen LogP contribution in [0.15, 0.2) is 87.1 Å². The van der Waals surface area contributed by atoms with Crippen molar-refractivity contribution in [1.29, 1.82) is 0 Å². The summed E-state index contributed by atoms with van der Waals surface area (Å²) in [6, 6.07) is 22.3. The maximum atomic E-state index is 13.9. The number of nitrogens with zero attached hydrogens (tertiary/aromatic N) is 2. The van der Waals surface area contributed by atoms with E-state index in [4.69, 9.17) is 0 Å². The first-order valence-electron chi connectivity index (χ1n) is 12.7. The summed E-state index contributed by atoms with van der Waals surface area (Å²) in [6.07, 6.45) is 0. The molecule has 2 aliphatic rings. The maximum absolute atomic E-state index is 13.9. The van der Waals surface area contributed by atoms with Gasteiger partial charge in [0, 0.05) is 21.0 Å². The summed E-state index contributed by atoms with van der Waals surface area (Å²) in [6.45, 7) is 3.65. The minimum Gasteiger partial charge on any atom is -0.324 e. The first-order chi connectivity index (χ1) is 19.2. The van der Waals surface area contributed by atoms with Crippen molar-refractivity contribution in [3.05, 3.63) is 109 Å². The van der Waals surface area contributed by atoms with Crippen LogP contribution in [0.3, 0.4) is 0 Å². The molecule has 0 unspecified atom stereocenters. The Hall–Kier alpha value is -3.47. The van der Waals surface area contributed by atoms with E-state index in [2.05, 4.69) is 21.2 Å². The predicted octanol–water partition coefficient (Wildman–Crippen LogP) is 5.72. The van der Waals surface area contributed by atoms with Gasteiger partial charge in [0.1, 0.15) is 11.8 Å². The number of para-hydroxylation sites is 1. The van der Waals surface area contributed by atoms with Crippen molar-refractivity contribution >= 4 is 68.1 Å². The molecule has 6 rings (SSSR count). The molecule has 3 atom stereocenters. The molecule has 10 heteroatoms. The summed E-state index contributed by atoms with van der Waals surface area (Å²) >= 11 is 5.72. The number of halogens is 1. The Balaban J connectivity index is 1.41. The summed E-state index contributed by atoms with van der Waals surface area (Å²) in [7, 11) is 0. The van der Waals surface area contributed by atoms with Crippen LogP contribution in [-0.4, -0.2) is 27.5 Å². The second-order valence-corrected chi connectivity index (χ2v) is 13.0. The summed E-state index contributed by atoms with van der Waals surface area (Å²) in [4.78, 5) is 55.8.